The lowest BCUT2D eigenvalue weighted by Crippen LogP contribution is -2.22. The minimum Gasteiger partial charge on any atom is -0.399 e. The monoisotopic (exact) mass is 167 g/mol. The third-order valence-electron chi connectivity index (χ3n) is 1.48. The van der Waals surface area contributed by atoms with Crippen LogP contribution in [0.4, 0.5) is 11.4 Å². The van der Waals surface area contributed by atoms with Crippen molar-refractivity contribution < 1.29 is 0 Å². The van der Waals surface area contributed by atoms with Crippen molar-refractivity contribution in [2.45, 2.75) is 6.92 Å². The molecule has 0 bridgehead atoms. The van der Waals surface area contributed by atoms with Crippen molar-refractivity contribution in [3.63, 3.8) is 0 Å². The van der Waals surface area contributed by atoms with E-state index in [1.807, 2.05) is 13.0 Å². The summed E-state index contributed by atoms with van der Waals surface area (Å²) < 4.78 is 0. The first kappa shape index (κ1) is 8.39. The van der Waals surface area contributed by atoms with Crippen molar-refractivity contribution in [1.82, 2.24) is 0 Å². The van der Waals surface area contributed by atoms with Gasteiger partial charge >= 0.3 is 0 Å². The van der Waals surface area contributed by atoms with Crippen LogP contribution in [-0.4, -0.2) is 5.96 Å². The molecule has 0 heterocycles. The minimum atomic E-state index is 0.0451. The maximum atomic E-state index is 5.55. The Bertz CT molecular complexity index is 313. The number of nitrogen functional groups attached to an aromatic ring is 1. The molecule has 0 aliphatic rings. The topological polar surface area (TPSA) is 90.4 Å². The molecule has 6 N–H and O–H groups in total. The maximum absolute atomic E-state index is 5.55. The molecule has 0 fully saturated rings. The first-order valence-corrected chi connectivity index (χ1v) is 3.55. The first-order chi connectivity index (χ1) is 5.59. The molecule has 0 saturated carbocycles. The summed E-state index contributed by atoms with van der Waals surface area (Å²) in [5.41, 5.74) is 18.4. The van der Waals surface area contributed by atoms with Gasteiger partial charge < -0.3 is 17.2 Å². The number of nitrogens with zero attached hydrogens (tertiary/aromatic N) is 1. The van der Waals surface area contributed by atoms with Crippen LogP contribution < -0.4 is 17.2 Å². The van der Waals surface area contributed by atoms with Crippen LogP contribution in [0, 0.1) is 6.92 Å². The average molecular weight is 167 g/mol. The standard InChI is InChI=1S/C8H12N4/c1-5-2-3-6(9)4-7(5)12-8(10)11/h2-4H,9H2,1H3,(H4,10,11,12)/i8+1,10+1,12+1. The van der Waals surface area contributed by atoms with Crippen molar-refractivity contribution in [2.75, 3.05) is 5.73 Å². The van der Waals surface area contributed by atoms with Gasteiger partial charge in [-0.05, 0) is 24.6 Å². The molecule has 12 heavy (non-hydrogen) atoms. The van der Waals surface area contributed by atoms with E-state index in [1.165, 1.54) is 0 Å². The SMILES string of the molecule is Cc1ccc(N)cc1[15N]=[13C](N)[15NH2]. The van der Waals surface area contributed by atoms with Gasteiger partial charge in [0.1, 0.15) is 0 Å². The van der Waals surface area contributed by atoms with Gasteiger partial charge in [0.05, 0.1) is 5.69 Å². The third-order valence-corrected chi connectivity index (χ3v) is 1.48. The van der Waals surface area contributed by atoms with Crippen LogP contribution in [0.25, 0.3) is 0 Å². The number of hydrogen-bond donors (Lipinski definition) is 3. The summed E-state index contributed by atoms with van der Waals surface area (Å²) in [6.45, 7) is 1.92. The van der Waals surface area contributed by atoms with Gasteiger partial charge in [-0.3, -0.25) is 0 Å². The lowest BCUT2D eigenvalue weighted by molar-refractivity contribution is 1.36. The van der Waals surface area contributed by atoms with Crippen LogP contribution in [0.3, 0.4) is 0 Å². The number of anilines is 1. The van der Waals surface area contributed by atoms with Gasteiger partial charge in [0.2, 0.25) is 0 Å². The number of aryl methyl sites for hydroxylation is 1. The van der Waals surface area contributed by atoms with Crippen molar-refractivity contribution in [1.29, 1.82) is 0 Å². The van der Waals surface area contributed by atoms with E-state index in [0.29, 0.717) is 5.69 Å². The summed E-state index contributed by atoms with van der Waals surface area (Å²) in [7, 11) is 0. The van der Waals surface area contributed by atoms with Crippen molar-refractivity contribution in [3.05, 3.63) is 23.8 Å². The summed E-state index contributed by atoms with van der Waals surface area (Å²) in [5.74, 6) is 0.0451. The Kier molecular flexibility index (Phi) is 2.19. The Morgan fingerprint density at radius 3 is 2.58 bits per heavy atom. The molecule has 0 aromatic heterocycles. The predicted octanol–water partition coefficient (Wildman–Crippen LogP) is 0.482. The molecule has 4 nitrogen and oxygen atoms in total. The fourth-order valence-corrected chi connectivity index (χ4v) is 0.886. The van der Waals surface area contributed by atoms with Crippen LogP contribution in [0.2, 0.25) is 0 Å². The van der Waals surface area contributed by atoms with Gasteiger partial charge in [0.25, 0.3) is 0 Å². The Morgan fingerprint density at radius 2 is 2.00 bits per heavy atom. The summed E-state index contributed by atoms with van der Waals surface area (Å²) in [5, 5.41) is 0. The fourth-order valence-electron chi connectivity index (χ4n) is 0.886. The molecule has 1 aromatic rings. The second-order valence-corrected chi connectivity index (χ2v) is 2.58. The highest BCUT2D eigenvalue weighted by Gasteiger charge is 1.96. The normalized spacial score (nSPS) is 11.6. The molecule has 1 aromatic carbocycles. The van der Waals surface area contributed by atoms with Crippen molar-refractivity contribution in [2.24, 2.45) is 16.5 Å². The van der Waals surface area contributed by atoms with Crippen molar-refractivity contribution >= 4 is 17.3 Å². The number of hydrogen-bond acceptors (Lipinski definition) is 2. The largest absolute Gasteiger partial charge is 0.399 e. The van der Waals surface area contributed by atoms with E-state index in [9.17, 15) is 0 Å². The maximum Gasteiger partial charge on any atom is 0.191 e. The van der Waals surface area contributed by atoms with E-state index < -0.39 is 0 Å². The number of aliphatic imine (C=N–C) groups is 1. The summed E-state index contributed by atoms with van der Waals surface area (Å²) in [6, 6.07) is 5.41. The smallest absolute Gasteiger partial charge is 0.191 e. The Morgan fingerprint density at radius 1 is 1.33 bits per heavy atom. The average Bonchev–Trinajstić information content (AvgIpc) is 1.96. The highest BCUT2D eigenvalue weighted by molar-refractivity contribution is 5.80. The molecule has 4 heteroatoms. The Labute approximate surface area is 71.1 Å². The highest BCUT2D eigenvalue weighted by Crippen LogP contribution is 2.20. The molecule has 0 atom stereocenters. The van der Waals surface area contributed by atoms with E-state index >= 15 is 0 Å². The van der Waals surface area contributed by atoms with E-state index in [0.717, 1.165) is 11.3 Å². The molecular weight excluding hydrogens is 155 g/mol. The predicted molar refractivity (Wildman–Crippen MR) is 51.1 cm³/mol. The van der Waals surface area contributed by atoms with Crippen LogP contribution in [-0.2, 0) is 0 Å². The number of benzene rings is 1. The lowest BCUT2D eigenvalue weighted by atomic mass is 10.2. The Hall–Kier alpha value is -1.71. The molecule has 0 unspecified atom stereocenters. The lowest BCUT2D eigenvalue weighted by Gasteiger charge is -2.01. The third kappa shape index (κ3) is 1.88. The first-order valence-electron chi connectivity index (χ1n) is 3.55. The van der Waals surface area contributed by atoms with E-state index in [4.69, 9.17) is 17.2 Å². The molecular formula is C8H12N4. The van der Waals surface area contributed by atoms with Gasteiger partial charge in [-0.25, -0.2) is 4.99 Å². The second kappa shape index (κ2) is 3.13. The minimum absolute atomic E-state index is 0.0451. The zero-order chi connectivity index (χ0) is 9.14. The summed E-state index contributed by atoms with van der Waals surface area (Å²) in [4.78, 5) is 3.91. The number of guanidine groups is 1. The van der Waals surface area contributed by atoms with Gasteiger partial charge in [-0.1, -0.05) is 6.07 Å². The summed E-state index contributed by atoms with van der Waals surface area (Å²) in [6.07, 6.45) is 0. The van der Waals surface area contributed by atoms with Crippen molar-refractivity contribution in [3.8, 4) is 0 Å². The number of rotatable bonds is 1. The van der Waals surface area contributed by atoms with E-state index in [2.05, 4.69) is 4.99 Å². The molecule has 0 spiro atoms. The number of nitrogens with two attached hydrogens (primary N) is 3. The molecule has 0 saturated heterocycles. The molecule has 0 aliphatic heterocycles. The van der Waals surface area contributed by atoms with Gasteiger partial charge in [0.15, 0.2) is 5.96 Å². The van der Waals surface area contributed by atoms with Gasteiger partial charge in [0, 0.05) is 5.69 Å². The van der Waals surface area contributed by atoms with Crippen LogP contribution in [0.15, 0.2) is 23.2 Å². The molecule has 64 valence electrons. The van der Waals surface area contributed by atoms with Gasteiger partial charge in [-0.15, -0.1) is 0 Å². The van der Waals surface area contributed by atoms with Gasteiger partial charge in [-0.2, -0.15) is 0 Å². The second-order valence-electron chi connectivity index (χ2n) is 2.58. The van der Waals surface area contributed by atoms with E-state index in [1.54, 1.807) is 12.1 Å². The summed E-state index contributed by atoms with van der Waals surface area (Å²) >= 11 is 0. The zero-order valence-electron chi connectivity index (χ0n) is 6.91. The molecule has 1 rings (SSSR count). The van der Waals surface area contributed by atoms with Crippen LogP contribution in [0.1, 0.15) is 5.56 Å². The van der Waals surface area contributed by atoms with Crippen LogP contribution in [0.5, 0.6) is 0 Å². The molecule has 0 amide bonds. The quantitative estimate of drug-likeness (QED) is 0.187. The van der Waals surface area contributed by atoms with Crippen LogP contribution >= 0.6 is 0 Å². The molecule has 0 radical (unpaired) electrons. The highest BCUT2D eigenvalue weighted by atomic mass is 15.8. The Balaban J connectivity index is 3.14. The van der Waals surface area contributed by atoms with E-state index in [-0.39, 0.29) is 5.96 Å². The zero-order valence-corrected chi connectivity index (χ0v) is 6.91. The fraction of sp³-hybridized carbons (Fsp3) is 0.125. The molecule has 0 aliphatic carbocycles.